The van der Waals surface area contributed by atoms with Crippen LogP contribution in [0.2, 0.25) is 0 Å². The summed E-state index contributed by atoms with van der Waals surface area (Å²) < 4.78 is 0. The molecule has 2 rings (SSSR count). The zero-order chi connectivity index (χ0) is 14.0. The lowest BCUT2D eigenvalue weighted by Gasteiger charge is -2.11. The Morgan fingerprint density at radius 2 is 2.05 bits per heavy atom. The van der Waals surface area contributed by atoms with Crippen molar-refractivity contribution < 1.29 is 4.79 Å². The van der Waals surface area contributed by atoms with E-state index in [9.17, 15) is 4.79 Å². The van der Waals surface area contributed by atoms with Crippen LogP contribution in [0.1, 0.15) is 21.7 Å². The number of hydrogen-bond acceptors (Lipinski definition) is 4. The summed E-state index contributed by atoms with van der Waals surface area (Å²) in [6.45, 7) is 3.62. The molecule has 2 aromatic heterocycles. The van der Waals surface area contributed by atoms with Gasteiger partial charge in [0.2, 0.25) is 0 Å². The summed E-state index contributed by atoms with van der Waals surface area (Å²) in [5, 5.41) is 9.61. The minimum absolute atomic E-state index is 0.178. The number of pyridine rings is 1. The van der Waals surface area contributed by atoms with Crippen LogP contribution >= 0.6 is 0 Å². The average Bonchev–Trinajstić information content (AvgIpc) is 2.69. The van der Waals surface area contributed by atoms with Crippen LogP contribution in [0, 0.1) is 13.8 Å². The van der Waals surface area contributed by atoms with Gasteiger partial charge in [0.05, 0.1) is 23.1 Å². The van der Waals surface area contributed by atoms with Gasteiger partial charge < -0.3 is 10.2 Å². The molecule has 6 nitrogen and oxygen atoms in total. The largest absolute Gasteiger partial charge is 0.363 e. The summed E-state index contributed by atoms with van der Waals surface area (Å²) in [5.74, 6) is 0.664. The van der Waals surface area contributed by atoms with Crippen molar-refractivity contribution in [2.24, 2.45) is 0 Å². The predicted octanol–water partition coefficient (Wildman–Crippen LogP) is 1.74. The first-order chi connectivity index (χ1) is 8.99. The SMILES string of the molecule is Cc1n[nH]c(C)c1C(=O)Nc1ccc(N(C)C)nc1. The van der Waals surface area contributed by atoms with Gasteiger partial charge in [0.25, 0.3) is 5.91 Å². The third-order valence-corrected chi connectivity index (χ3v) is 2.82. The Hall–Kier alpha value is -2.37. The van der Waals surface area contributed by atoms with Gasteiger partial charge in [-0.1, -0.05) is 0 Å². The first-order valence-corrected chi connectivity index (χ1v) is 5.95. The molecule has 6 heteroatoms. The van der Waals surface area contributed by atoms with E-state index in [0.29, 0.717) is 16.9 Å². The van der Waals surface area contributed by atoms with Gasteiger partial charge in [0.15, 0.2) is 0 Å². The monoisotopic (exact) mass is 259 g/mol. The molecule has 0 unspecified atom stereocenters. The van der Waals surface area contributed by atoms with Crippen molar-refractivity contribution in [2.45, 2.75) is 13.8 Å². The van der Waals surface area contributed by atoms with Crippen molar-refractivity contribution in [3.8, 4) is 0 Å². The van der Waals surface area contributed by atoms with Crippen LogP contribution in [0.4, 0.5) is 11.5 Å². The molecule has 0 saturated heterocycles. The molecule has 0 aliphatic rings. The van der Waals surface area contributed by atoms with Gasteiger partial charge in [-0.3, -0.25) is 9.89 Å². The second-order valence-electron chi connectivity index (χ2n) is 4.56. The molecule has 0 spiro atoms. The van der Waals surface area contributed by atoms with E-state index in [4.69, 9.17) is 0 Å². The Kier molecular flexibility index (Phi) is 3.50. The molecule has 2 aromatic rings. The lowest BCUT2D eigenvalue weighted by Crippen LogP contribution is -2.15. The summed E-state index contributed by atoms with van der Waals surface area (Å²) in [5.41, 5.74) is 2.69. The van der Waals surface area contributed by atoms with Crippen LogP contribution < -0.4 is 10.2 Å². The number of carbonyl (C=O) groups is 1. The molecule has 0 aliphatic heterocycles. The molecule has 19 heavy (non-hydrogen) atoms. The van der Waals surface area contributed by atoms with Crippen LogP contribution in [-0.2, 0) is 0 Å². The van der Waals surface area contributed by atoms with E-state index in [1.807, 2.05) is 38.1 Å². The first kappa shape index (κ1) is 13.1. The highest BCUT2D eigenvalue weighted by Gasteiger charge is 2.15. The maximum absolute atomic E-state index is 12.1. The van der Waals surface area contributed by atoms with E-state index in [-0.39, 0.29) is 5.91 Å². The number of aromatic amines is 1. The summed E-state index contributed by atoms with van der Waals surface area (Å²) in [4.78, 5) is 18.3. The molecular weight excluding hydrogens is 242 g/mol. The van der Waals surface area contributed by atoms with Gasteiger partial charge in [0, 0.05) is 19.8 Å². The molecule has 0 radical (unpaired) electrons. The van der Waals surface area contributed by atoms with E-state index >= 15 is 0 Å². The van der Waals surface area contributed by atoms with E-state index < -0.39 is 0 Å². The van der Waals surface area contributed by atoms with Crippen molar-refractivity contribution in [1.82, 2.24) is 15.2 Å². The number of aryl methyl sites for hydroxylation is 2. The number of amides is 1. The van der Waals surface area contributed by atoms with Gasteiger partial charge in [-0.15, -0.1) is 0 Å². The molecule has 0 saturated carbocycles. The van der Waals surface area contributed by atoms with Gasteiger partial charge in [-0.25, -0.2) is 4.98 Å². The topological polar surface area (TPSA) is 73.9 Å². The lowest BCUT2D eigenvalue weighted by atomic mass is 10.2. The minimum atomic E-state index is -0.178. The average molecular weight is 259 g/mol. The Labute approximate surface area is 111 Å². The van der Waals surface area contributed by atoms with Crippen molar-refractivity contribution in [2.75, 3.05) is 24.3 Å². The summed E-state index contributed by atoms with van der Waals surface area (Å²) >= 11 is 0. The quantitative estimate of drug-likeness (QED) is 0.880. The number of H-pyrrole nitrogens is 1. The highest BCUT2D eigenvalue weighted by Crippen LogP contribution is 2.15. The predicted molar refractivity (Wildman–Crippen MR) is 74.6 cm³/mol. The smallest absolute Gasteiger partial charge is 0.259 e. The number of rotatable bonds is 3. The normalized spacial score (nSPS) is 10.3. The summed E-state index contributed by atoms with van der Waals surface area (Å²) in [6, 6.07) is 3.68. The van der Waals surface area contributed by atoms with Crippen LogP contribution in [0.3, 0.4) is 0 Å². The molecule has 0 bridgehead atoms. The van der Waals surface area contributed by atoms with Crippen LogP contribution in [0.15, 0.2) is 18.3 Å². The lowest BCUT2D eigenvalue weighted by molar-refractivity contribution is 0.102. The number of hydrogen-bond donors (Lipinski definition) is 2. The Morgan fingerprint density at radius 1 is 1.32 bits per heavy atom. The van der Waals surface area contributed by atoms with Crippen molar-refractivity contribution in [3.63, 3.8) is 0 Å². The standard InChI is InChI=1S/C13H17N5O/c1-8-12(9(2)17-16-8)13(19)15-10-5-6-11(14-7-10)18(3)4/h5-7H,1-4H3,(H,15,19)(H,16,17). The fourth-order valence-electron chi connectivity index (χ4n) is 1.80. The van der Waals surface area contributed by atoms with Gasteiger partial charge in [0.1, 0.15) is 5.82 Å². The maximum Gasteiger partial charge on any atom is 0.259 e. The Bertz CT molecular complexity index is 566. The molecule has 100 valence electrons. The number of nitrogens with zero attached hydrogens (tertiary/aromatic N) is 3. The second-order valence-corrected chi connectivity index (χ2v) is 4.56. The van der Waals surface area contributed by atoms with E-state index in [2.05, 4.69) is 20.5 Å². The third kappa shape index (κ3) is 2.73. The number of aromatic nitrogens is 3. The number of anilines is 2. The molecular formula is C13H17N5O. The van der Waals surface area contributed by atoms with Gasteiger partial charge in [-0.05, 0) is 26.0 Å². The van der Waals surface area contributed by atoms with Gasteiger partial charge in [-0.2, -0.15) is 5.10 Å². The third-order valence-electron chi connectivity index (χ3n) is 2.82. The zero-order valence-corrected chi connectivity index (χ0v) is 11.5. The van der Waals surface area contributed by atoms with E-state index in [0.717, 1.165) is 11.5 Å². The molecule has 0 atom stereocenters. The van der Waals surface area contributed by atoms with Crippen molar-refractivity contribution >= 4 is 17.4 Å². The zero-order valence-electron chi connectivity index (χ0n) is 11.5. The minimum Gasteiger partial charge on any atom is -0.363 e. The number of carbonyl (C=O) groups excluding carboxylic acids is 1. The van der Waals surface area contributed by atoms with E-state index in [1.165, 1.54) is 0 Å². The van der Waals surface area contributed by atoms with E-state index in [1.54, 1.807) is 13.1 Å². The number of nitrogens with one attached hydrogen (secondary N) is 2. The molecule has 1 amide bonds. The van der Waals surface area contributed by atoms with Crippen LogP contribution in [0.5, 0.6) is 0 Å². The first-order valence-electron chi connectivity index (χ1n) is 5.95. The molecule has 0 aromatic carbocycles. The van der Waals surface area contributed by atoms with Crippen LogP contribution in [0.25, 0.3) is 0 Å². The summed E-state index contributed by atoms with van der Waals surface area (Å²) in [6.07, 6.45) is 1.64. The van der Waals surface area contributed by atoms with Crippen molar-refractivity contribution in [1.29, 1.82) is 0 Å². The Morgan fingerprint density at radius 3 is 2.53 bits per heavy atom. The molecule has 2 heterocycles. The highest BCUT2D eigenvalue weighted by atomic mass is 16.1. The van der Waals surface area contributed by atoms with Crippen LogP contribution in [-0.4, -0.2) is 35.2 Å². The fraction of sp³-hybridized carbons (Fsp3) is 0.308. The molecule has 2 N–H and O–H groups in total. The molecule has 0 aliphatic carbocycles. The molecule has 0 fully saturated rings. The Balaban J connectivity index is 2.15. The fourth-order valence-corrected chi connectivity index (χ4v) is 1.80. The highest BCUT2D eigenvalue weighted by molar-refractivity contribution is 6.05. The van der Waals surface area contributed by atoms with Gasteiger partial charge >= 0.3 is 0 Å². The maximum atomic E-state index is 12.1. The summed E-state index contributed by atoms with van der Waals surface area (Å²) in [7, 11) is 3.83. The second kappa shape index (κ2) is 5.09. The van der Waals surface area contributed by atoms with Crippen molar-refractivity contribution in [3.05, 3.63) is 35.3 Å².